The molecule has 0 saturated heterocycles. The summed E-state index contributed by atoms with van der Waals surface area (Å²) >= 11 is 0. The van der Waals surface area contributed by atoms with Gasteiger partial charge in [0.25, 0.3) is 25.7 Å². The summed E-state index contributed by atoms with van der Waals surface area (Å²) in [5.41, 5.74) is -0.984. The molecule has 0 spiro atoms. The monoisotopic (exact) mass is 791 g/mol. The Bertz CT molecular complexity index is 1800. The number of aromatic nitrogens is 3. The number of hydrogen-bond acceptors (Lipinski definition) is 10. The first-order valence-corrected chi connectivity index (χ1v) is 23.4. The van der Waals surface area contributed by atoms with Gasteiger partial charge in [-0.15, -0.1) is 5.10 Å². The van der Waals surface area contributed by atoms with Crippen LogP contribution in [0.4, 0.5) is 0 Å². The number of rotatable bonds is 31. The van der Waals surface area contributed by atoms with Gasteiger partial charge in [-0.05, 0) is 54.8 Å². The van der Waals surface area contributed by atoms with E-state index in [2.05, 4.69) is 31.1 Å². The third-order valence-corrected chi connectivity index (χ3v) is 12.5. The highest BCUT2D eigenvalue weighted by atomic mass is 32.2. The Hall–Kier alpha value is -3.03. The average molecular weight is 792 g/mol. The highest BCUT2D eigenvalue weighted by molar-refractivity contribution is 7.90. The molecule has 304 valence electrons. The van der Waals surface area contributed by atoms with Crippen LogP contribution in [0.1, 0.15) is 162 Å². The van der Waals surface area contributed by atoms with Crippen LogP contribution in [0, 0.1) is 0 Å². The van der Waals surface area contributed by atoms with Crippen molar-refractivity contribution in [2.75, 3.05) is 19.8 Å². The van der Waals surface area contributed by atoms with Crippen LogP contribution in [0.3, 0.4) is 0 Å². The predicted octanol–water partition coefficient (Wildman–Crippen LogP) is 10.1. The molecule has 11 nitrogen and oxygen atoms in total. The second-order valence-corrected chi connectivity index (χ2v) is 17.6. The first-order valence-electron chi connectivity index (χ1n) is 20.6. The number of hydrogen-bond donors (Lipinski definition) is 0. The smallest absolute Gasteiger partial charge is 0.296 e. The van der Waals surface area contributed by atoms with Crippen LogP contribution in [0.15, 0.2) is 51.0 Å². The molecule has 0 aliphatic carbocycles. The van der Waals surface area contributed by atoms with E-state index in [0.29, 0.717) is 29.5 Å². The van der Waals surface area contributed by atoms with Crippen molar-refractivity contribution in [3.8, 4) is 11.5 Å². The number of fused-ring (bicyclic) bond motifs is 1. The van der Waals surface area contributed by atoms with Gasteiger partial charge in [-0.1, -0.05) is 147 Å². The summed E-state index contributed by atoms with van der Waals surface area (Å²) in [4.78, 5) is 13.2. The van der Waals surface area contributed by atoms with E-state index in [1.165, 1.54) is 88.5 Å². The minimum atomic E-state index is -4.65. The Labute approximate surface area is 324 Å². The topological polar surface area (TPSA) is 144 Å². The van der Waals surface area contributed by atoms with Crippen molar-refractivity contribution >= 4 is 31.0 Å². The molecule has 0 amide bonds. The lowest BCUT2D eigenvalue weighted by Crippen LogP contribution is -2.31. The molecule has 0 radical (unpaired) electrons. The van der Waals surface area contributed by atoms with Crippen molar-refractivity contribution in [3.05, 3.63) is 46.8 Å². The van der Waals surface area contributed by atoms with Gasteiger partial charge in [0.05, 0.1) is 30.1 Å². The van der Waals surface area contributed by atoms with E-state index in [0.717, 1.165) is 76.7 Å². The second-order valence-electron chi connectivity index (χ2n) is 14.2. The summed E-state index contributed by atoms with van der Waals surface area (Å²) in [5, 5.41) is 7.51. The standard InChI is InChI=1S/C41H65N3O8S2/c1-4-7-10-13-16-17-18-19-22-25-32-52-54(48,49)36-27-28-38-37(34-36)41(45)44(43-42-38)53(46,47)40-33-35(50-30-23-20-14-11-8-5-2)26-29-39(40)51-31-24-21-15-12-9-6-3/h26-29,33-34H,4-25,30-32H2,1-3H3. The SMILES string of the molecule is CCCCCCCCCCCCOS(=O)(=O)c1ccc2nnn(S(=O)(=O)c3cc(OCCCCCCCC)ccc3OCCCCCCCC)c(=O)c2c1. The molecule has 0 N–H and O–H groups in total. The van der Waals surface area contributed by atoms with Crippen molar-refractivity contribution in [1.82, 2.24) is 14.4 Å². The maximum absolute atomic E-state index is 14.1. The van der Waals surface area contributed by atoms with E-state index >= 15 is 0 Å². The van der Waals surface area contributed by atoms with Crippen molar-refractivity contribution in [1.29, 1.82) is 0 Å². The largest absolute Gasteiger partial charge is 0.494 e. The van der Waals surface area contributed by atoms with Crippen LogP contribution < -0.4 is 15.0 Å². The zero-order valence-corrected chi connectivity index (χ0v) is 34.7. The Morgan fingerprint density at radius 1 is 0.574 bits per heavy atom. The van der Waals surface area contributed by atoms with Crippen LogP contribution in [0.25, 0.3) is 10.9 Å². The molecular weight excluding hydrogens is 727 g/mol. The minimum Gasteiger partial charge on any atom is -0.494 e. The van der Waals surface area contributed by atoms with Gasteiger partial charge in [0, 0.05) is 6.07 Å². The molecule has 3 rings (SSSR count). The fraction of sp³-hybridized carbons (Fsp3) is 0.683. The van der Waals surface area contributed by atoms with Crippen LogP contribution in [-0.2, 0) is 24.3 Å². The Kier molecular flexibility index (Phi) is 21.2. The quantitative estimate of drug-likeness (QED) is 0.0456. The first kappa shape index (κ1) is 45.4. The van der Waals surface area contributed by atoms with Gasteiger partial charge in [-0.3, -0.25) is 8.98 Å². The van der Waals surface area contributed by atoms with Gasteiger partial charge in [0.15, 0.2) is 0 Å². The van der Waals surface area contributed by atoms with Gasteiger partial charge in [-0.2, -0.15) is 16.8 Å². The predicted molar refractivity (Wildman–Crippen MR) is 216 cm³/mol. The van der Waals surface area contributed by atoms with E-state index in [-0.39, 0.29) is 33.1 Å². The van der Waals surface area contributed by atoms with Gasteiger partial charge < -0.3 is 9.47 Å². The van der Waals surface area contributed by atoms with E-state index in [1.807, 2.05) is 0 Å². The number of ether oxygens (including phenoxy) is 2. The third-order valence-electron chi connectivity index (χ3n) is 9.57. The molecule has 54 heavy (non-hydrogen) atoms. The lowest BCUT2D eigenvalue weighted by atomic mass is 10.1. The van der Waals surface area contributed by atoms with Gasteiger partial charge in [0.1, 0.15) is 21.9 Å². The van der Waals surface area contributed by atoms with Gasteiger partial charge >= 0.3 is 0 Å². The normalized spacial score (nSPS) is 12.1. The molecule has 1 heterocycles. The van der Waals surface area contributed by atoms with E-state index in [9.17, 15) is 21.6 Å². The molecule has 2 aromatic carbocycles. The average Bonchev–Trinajstić information content (AvgIpc) is 3.16. The zero-order valence-electron chi connectivity index (χ0n) is 33.1. The van der Waals surface area contributed by atoms with Gasteiger partial charge in [0.2, 0.25) is 0 Å². The van der Waals surface area contributed by atoms with Crippen LogP contribution in [-0.4, -0.2) is 51.1 Å². The Balaban J connectivity index is 1.75. The molecular formula is C41H65N3O8S2. The lowest BCUT2D eigenvalue weighted by molar-refractivity contribution is 0.289. The number of nitrogens with zero attached hydrogens (tertiary/aromatic N) is 3. The van der Waals surface area contributed by atoms with Crippen LogP contribution in [0.2, 0.25) is 0 Å². The molecule has 0 aliphatic heterocycles. The third kappa shape index (κ3) is 15.2. The maximum atomic E-state index is 14.1. The molecule has 3 aromatic rings. The van der Waals surface area contributed by atoms with Crippen LogP contribution >= 0.6 is 0 Å². The Morgan fingerprint density at radius 2 is 1.07 bits per heavy atom. The van der Waals surface area contributed by atoms with E-state index < -0.39 is 25.7 Å². The second kappa shape index (κ2) is 25.2. The van der Waals surface area contributed by atoms with Crippen molar-refractivity contribution in [3.63, 3.8) is 0 Å². The lowest BCUT2D eigenvalue weighted by Gasteiger charge is -2.15. The number of unbranched alkanes of at least 4 members (excludes halogenated alkanes) is 19. The van der Waals surface area contributed by atoms with E-state index in [4.69, 9.17) is 13.7 Å². The minimum absolute atomic E-state index is 0.0167. The summed E-state index contributed by atoms with van der Waals surface area (Å²) in [6.45, 7) is 7.27. The summed E-state index contributed by atoms with van der Waals surface area (Å²) < 4.78 is 72.0. The molecule has 0 bridgehead atoms. The molecule has 0 fully saturated rings. The zero-order chi connectivity index (χ0) is 39.1. The van der Waals surface area contributed by atoms with Crippen LogP contribution in [0.5, 0.6) is 11.5 Å². The molecule has 0 atom stereocenters. The highest BCUT2D eigenvalue weighted by Gasteiger charge is 2.28. The molecule has 0 aliphatic rings. The fourth-order valence-corrected chi connectivity index (χ4v) is 8.53. The molecule has 0 unspecified atom stereocenters. The van der Waals surface area contributed by atoms with E-state index in [1.54, 1.807) is 6.07 Å². The molecule has 13 heteroatoms. The molecule has 0 saturated carbocycles. The van der Waals surface area contributed by atoms with Crippen molar-refractivity contribution in [2.24, 2.45) is 0 Å². The maximum Gasteiger partial charge on any atom is 0.296 e. The van der Waals surface area contributed by atoms with Crippen molar-refractivity contribution < 1.29 is 30.5 Å². The summed E-state index contributed by atoms with van der Waals surface area (Å²) in [5.74, 6) is 0.393. The Morgan fingerprint density at radius 3 is 1.63 bits per heavy atom. The van der Waals surface area contributed by atoms with Crippen molar-refractivity contribution in [2.45, 2.75) is 172 Å². The number of benzene rings is 2. The molecule has 1 aromatic heterocycles. The fourth-order valence-electron chi connectivity index (χ4n) is 6.27. The first-order chi connectivity index (χ1) is 26.2. The summed E-state index contributed by atoms with van der Waals surface area (Å²) in [7, 11) is -8.86. The highest BCUT2D eigenvalue weighted by Crippen LogP contribution is 2.30. The van der Waals surface area contributed by atoms with Gasteiger partial charge in [-0.25, -0.2) is 0 Å². The summed E-state index contributed by atoms with van der Waals surface area (Å²) in [6, 6.07) is 8.25. The summed E-state index contributed by atoms with van der Waals surface area (Å²) in [6.07, 6.45) is 23.7.